The molecule has 1 saturated heterocycles. The van der Waals surface area contributed by atoms with E-state index in [1.807, 2.05) is 38.1 Å². The average molecular weight is 395 g/mol. The van der Waals surface area contributed by atoms with Crippen LogP contribution in [0.2, 0.25) is 0 Å². The Kier molecular flexibility index (Phi) is 4.72. The van der Waals surface area contributed by atoms with Gasteiger partial charge < -0.3 is 16.0 Å². The van der Waals surface area contributed by atoms with Gasteiger partial charge in [0.2, 0.25) is 5.91 Å². The van der Waals surface area contributed by atoms with E-state index in [0.29, 0.717) is 28.4 Å². The minimum Gasteiger partial charge on any atom is -0.397 e. The van der Waals surface area contributed by atoms with E-state index < -0.39 is 0 Å². The number of carbonyl (C=O) groups is 2. The first-order valence-electron chi connectivity index (χ1n) is 9.15. The van der Waals surface area contributed by atoms with Crippen LogP contribution in [0.1, 0.15) is 39.3 Å². The molecule has 1 aliphatic heterocycles. The molecule has 0 radical (unpaired) electrons. The molecule has 3 aromatic rings. The highest BCUT2D eigenvalue weighted by molar-refractivity contribution is 7.21. The molecule has 2 amide bonds. The fourth-order valence-corrected chi connectivity index (χ4v) is 4.40. The minimum absolute atomic E-state index is 0.162. The van der Waals surface area contributed by atoms with Crippen molar-refractivity contribution in [3.8, 4) is 0 Å². The van der Waals surface area contributed by atoms with Gasteiger partial charge in [-0.25, -0.2) is 0 Å². The first-order valence-corrected chi connectivity index (χ1v) is 9.96. The number of nitrogen functional groups attached to an aromatic ring is 1. The summed E-state index contributed by atoms with van der Waals surface area (Å²) in [4.78, 5) is 27.4. The topological polar surface area (TPSA) is 101 Å². The first kappa shape index (κ1) is 18.4. The van der Waals surface area contributed by atoms with Gasteiger partial charge in [-0.15, -0.1) is 16.4 Å². The quantitative estimate of drug-likeness (QED) is 0.707. The Morgan fingerprint density at radius 2 is 2.00 bits per heavy atom. The maximum Gasteiger partial charge on any atom is 0.263 e. The van der Waals surface area contributed by atoms with Crippen molar-refractivity contribution in [1.29, 1.82) is 0 Å². The largest absolute Gasteiger partial charge is 0.397 e. The Morgan fingerprint density at radius 3 is 2.68 bits per heavy atom. The van der Waals surface area contributed by atoms with Crippen LogP contribution >= 0.6 is 11.3 Å². The number of nitrogens with two attached hydrogens (primary N) is 1. The molecule has 7 nitrogen and oxygen atoms in total. The first-order chi connectivity index (χ1) is 13.5. The van der Waals surface area contributed by atoms with Crippen molar-refractivity contribution in [1.82, 2.24) is 15.5 Å². The Labute approximate surface area is 166 Å². The summed E-state index contributed by atoms with van der Waals surface area (Å²) in [5, 5.41) is 12.0. The summed E-state index contributed by atoms with van der Waals surface area (Å²) in [5.41, 5.74) is 10.3. The molecule has 3 N–H and O–H groups in total. The average Bonchev–Trinajstić information content (AvgIpc) is 3.27. The summed E-state index contributed by atoms with van der Waals surface area (Å²) < 4.78 is 0. The summed E-state index contributed by atoms with van der Waals surface area (Å²) in [6.07, 6.45) is 1.51. The highest BCUT2D eigenvalue weighted by atomic mass is 32.1. The van der Waals surface area contributed by atoms with Crippen molar-refractivity contribution in [3.63, 3.8) is 0 Å². The molecular formula is C20H21N5O2S. The molecule has 4 rings (SSSR count). The molecule has 1 aliphatic rings. The third-order valence-corrected chi connectivity index (χ3v) is 6.20. The van der Waals surface area contributed by atoms with E-state index in [2.05, 4.69) is 15.5 Å². The summed E-state index contributed by atoms with van der Waals surface area (Å²) in [7, 11) is 0. The van der Waals surface area contributed by atoms with Crippen molar-refractivity contribution in [2.24, 2.45) is 0 Å². The molecule has 0 spiro atoms. The zero-order valence-electron chi connectivity index (χ0n) is 15.8. The second kappa shape index (κ2) is 7.20. The van der Waals surface area contributed by atoms with Gasteiger partial charge in [-0.3, -0.25) is 9.59 Å². The van der Waals surface area contributed by atoms with Gasteiger partial charge in [0, 0.05) is 30.6 Å². The highest BCUT2D eigenvalue weighted by Gasteiger charge is 2.22. The maximum absolute atomic E-state index is 12.6. The smallest absolute Gasteiger partial charge is 0.263 e. The number of nitrogens with one attached hydrogen (secondary N) is 1. The standard InChI is InChI=1S/C20H21N5O2S/c1-11-12(2)23-24-20-16(11)17(21)18(28-20)19(27)22-10-13-5-7-14(8-6-13)25-9-3-4-15(25)26/h5-8H,3-4,9-10,21H2,1-2H3,(H,22,27). The molecule has 144 valence electrons. The van der Waals surface area contributed by atoms with Crippen LogP contribution in [-0.4, -0.2) is 28.6 Å². The SMILES string of the molecule is Cc1nnc2sc(C(=O)NCc3ccc(N4CCCC4=O)cc3)c(N)c2c1C. The molecule has 0 bridgehead atoms. The van der Waals surface area contributed by atoms with Gasteiger partial charge >= 0.3 is 0 Å². The van der Waals surface area contributed by atoms with E-state index in [4.69, 9.17) is 5.73 Å². The number of benzene rings is 1. The third-order valence-electron chi connectivity index (χ3n) is 5.12. The van der Waals surface area contributed by atoms with Crippen molar-refractivity contribution in [2.75, 3.05) is 17.2 Å². The summed E-state index contributed by atoms with van der Waals surface area (Å²) in [5.74, 6) is -0.0636. The summed E-state index contributed by atoms with van der Waals surface area (Å²) in [6.45, 7) is 4.95. The molecule has 0 atom stereocenters. The molecule has 28 heavy (non-hydrogen) atoms. The van der Waals surface area contributed by atoms with Crippen LogP contribution in [0.5, 0.6) is 0 Å². The normalized spacial score (nSPS) is 14.1. The molecule has 0 unspecified atom stereocenters. The number of amides is 2. The van der Waals surface area contributed by atoms with Crippen LogP contribution < -0.4 is 16.0 Å². The number of rotatable bonds is 4. The third kappa shape index (κ3) is 3.20. The van der Waals surface area contributed by atoms with Crippen LogP contribution in [0.15, 0.2) is 24.3 Å². The lowest BCUT2D eigenvalue weighted by atomic mass is 10.1. The molecule has 0 saturated carbocycles. The number of aromatic nitrogens is 2. The lowest BCUT2D eigenvalue weighted by Crippen LogP contribution is -2.24. The number of thiophene rings is 1. The lowest BCUT2D eigenvalue weighted by molar-refractivity contribution is -0.117. The lowest BCUT2D eigenvalue weighted by Gasteiger charge is -2.16. The molecule has 0 aliphatic carbocycles. The summed E-state index contributed by atoms with van der Waals surface area (Å²) >= 11 is 1.25. The van der Waals surface area contributed by atoms with Crippen molar-refractivity contribution < 1.29 is 9.59 Å². The van der Waals surface area contributed by atoms with E-state index in [0.717, 1.165) is 40.9 Å². The number of hydrogen-bond donors (Lipinski definition) is 2. The zero-order valence-corrected chi connectivity index (χ0v) is 16.6. The van der Waals surface area contributed by atoms with E-state index in [9.17, 15) is 9.59 Å². The number of aryl methyl sites for hydroxylation is 2. The van der Waals surface area contributed by atoms with Gasteiger partial charge in [0.05, 0.1) is 11.4 Å². The van der Waals surface area contributed by atoms with Crippen LogP contribution in [-0.2, 0) is 11.3 Å². The number of anilines is 2. The number of hydrogen-bond acceptors (Lipinski definition) is 6. The number of fused-ring (bicyclic) bond motifs is 1. The second-order valence-electron chi connectivity index (χ2n) is 6.93. The molecular weight excluding hydrogens is 374 g/mol. The Bertz CT molecular complexity index is 1070. The summed E-state index contributed by atoms with van der Waals surface area (Å²) in [6, 6.07) is 7.68. The Hall–Kier alpha value is -3.00. The predicted molar refractivity (Wildman–Crippen MR) is 111 cm³/mol. The molecule has 1 fully saturated rings. The van der Waals surface area contributed by atoms with Gasteiger partial charge in [0.15, 0.2) is 0 Å². The van der Waals surface area contributed by atoms with Gasteiger partial charge in [0.1, 0.15) is 9.71 Å². The van der Waals surface area contributed by atoms with Gasteiger partial charge in [0.25, 0.3) is 5.91 Å². The second-order valence-corrected chi connectivity index (χ2v) is 7.93. The molecule has 2 aromatic heterocycles. The van der Waals surface area contributed by atoms with Crippen LogP contribution in [0.25, 0.3) is 10.2 Å². The van der Waals surface area contributed by atoms with Gasteiger partial charge in [-0.05, 0) is 43.5 Å². The predicted octanol–water partition coefficient (Wildman–Crippen LogP) is 2.95. The van der Waals surface area contributed by atoms with Crippen LogP contribution in [0.4, 0.5) is 11.4 Å². The van der Waals surface area contributed by atoms with E-state index in [-0.39, 0.29) is 11.8 Å². The highest BCUT2D eigenvalue weighted by Crippen LogP contribution is 2.34. The van der Waals surface area contributed by atoms with E-state index in [1.165, 1.54) is 11.3 Å². The van der Waals surface area contributed by atoms with Crippen molar-refractivity contribution >= 4 is 44.7 Å². The monoisotopic (exact) mass is 395 g/mol. The Balaban J connectivity index is 1.47. The fraction of sp³-hybridized carbons (Fsp3) is 0.300. The number of nitrogens with zero attached hydrogens (tertiary/aromatic N) is 3. The Morgan fingerprint density at radius 1 is 1.25 bits per heavy atom. The molecule has 3 heterocycles. The van der Waals surface area contributed by atoms with E-state index in [1.54, 1.807) is 4.90 Å². The van der Waals surface area contributed by atoms with Gasteiger partial charge in [-0.1, -0.05) is 12.1 Å². The maximum atomic E-state index is 12.6. The fourth-order valence-electron chi connectivity index (χ4n) is 3.39. The van der Waals surface area contributed by atoms with Gasteiger partial charge in [-0.2, -0.15) is 5.10 Å². The van der Waals surface area contributed by atoms with Crippen LogP contribution in [0.3, 0.4) is 0 Å². The zero-order chi connectivity index (χ0) is 19.8. The molecule has 8 heteroatoms. The van der Waals surface area contributed by atoms with Crippen LogP contribution in [0, 0.1) is 13.8 Å². The van der Waals surface area contributed by atoms with E-state index >= 15 is 0 Å². The minimum atomic E-state index is -0.226. The van der Waals surface area contributed by atoms with Crippen molar-refractivity contribution in [3.05, 3.63) is 46.0 Å². The number of carbonyl (C=O) groups excluding carboxylic acids is 2. The molecule has 1 aromatic carbocycles. The van der Waals surface area contributed by atoms with Crippen molar-refractivity contribution in [2.45, 2.75) is 33.2 Å².